The van der Waals surface area contributed by atoms with Gasteiger partial charge in [0.05, 0.1) is 6.61 Å². The van der Waals surface area contributed by atoms with Gasteiger partial charge in [-0.25, -0.2) is 4.79 Å². The number of carbonyl (C=O) groups is 2. The third-order valence-corrected chi connectivity index (χ3v) is 2.15. The highest BCUT2D eigenvalue weighted by Crippen LogP contribution is 2.10. The van der Waals surface area contributed by atoms with Crippen LogP contribution in [0.1, 0.15) is 33.6 Å². The zero-order valence-corrected chi connectivity index (χ0v) is 9.45. The average Bonchev–Trinajstić information content (AvgIpc) is 2.19. The fourth-order valence-corrected chi connectivity index (χ4v) is 1.21. The zero-order chi connectivity index (χ0) is 11.8. The van der Waals surface area contributed by atoms with Gasteiger partial charge in [0.1, 0.15) is 0 Å². The van der Waals surface area contributed by atoms with Crippen molar-refractivity contribution in [3.8, 4) is 0 Å². The van der Waals surface area contributed by atoms with Crippen molar-refractivity contribution < 1.29 is 19.4 Å². The van der Waals surface area contributed by atoms with Crippen LogP contribution in [0.3, 0.4) is 0 Å². The number of allylic oxidation sites excluding steroid dienone is 1. The van der Waals surface area contributed by atoms with Crippen LogP contribution in [0.25, 0.3) is 0 Å². The third kappa shape index (κ3) is 4.63. The van der Waals surface area contributed by atoms with Crippen molar-refractivity contribution in [2.45, 2.75) is 33.6 Å². The molecule has 0 rings (SSSR count). The fraction of sp³-hybridized carbons (Fsp3) is 0.636. The Hall–Kier alpha value is -1.32. The van der Waals surface area contributed by atoms with Crippen LogP contribution >= 0.6 is 0 Å². The summed E-state index contributed by atoms with van der Waals surface area (Å²) in [5.74, 6) is -1.84. The number of rotatable bonds is 6. The number of aliphatic hydroxyl groups excluding tert-OH is 1. The minimum Gasteiger partial charge on any atom is -0.502 e. The maximum Gasteiger partial charge on any atom is 0.373 e. The van der Waals surface area contributed by atoms with Crippen molar-refractivity contribution in [3.05, 3.63) is 11.8 Å². The van der Waals surface area contributed by atoms with Gasteiger partial charge in [-0.3, -0.25) is 4.79 Å². The summed E-state index contributed by atoms with van der Waals surface area (Å²) < 4.78 is 4.54. The molecule has 15 heavy (non-hydrogen) atoms. The van der Waals surface area contributed by atoms with Gasteiger partial charge in [0.15, 0.2) is 5.78 Å². The van der Waals surface area contributed by atoms with Crippen LogP contribution in [-0.2, 0) is 14.3 Å². The Kier molecular flexibility index (Phi) is 6.42. The normalized spacial score (nSPS) is 11.6. The molecule has 0 aromatic rings. The Labute approximate surface area is 89.9 Å². The molecular weight excluding hydrogens is 196 g/mol. The lowest BCUT2D eigenvalue weighted by atomic mass is 9.98. The molecule has 4 heteroatoms. The van der Waals surface area contributed by atoms with E-state index in [0.717, 1.165) is 6.08 Å². The molecule has 0 aliphatic rings. The summed E-state index contributed by atoms with van der Waals surface area (Å²) in [5, 5.41) is 9.22. The van der Waals surface area contributed by atoms with Crippen LogP contribution in [-0.4, -0.2) is 23.5 Å². The SMILES string of the molecule is CCOC(=O)/C(O)=C/C(=O)C(CC)CC. The molecule has 0 bridgehead atoms. The number of carbonyl (C=O) groups excluding carboxylic acids is 2. The monoisotopic (exact) mass is 214 g/mol. The van der Waals surface area contributed by atoms with Crippen molar-refractivity contribution in [2.75, 3.05) is 6.61 Å². The van der Waals surface area contributed by atoms with E-state index in [9.17, 15) is 14.7 Å². The van der Waals surface area contributed by atoms with Gasteiger partial charge < -0.3 is 9.84 Å². The van der Waals surface area contributed by atoms with Gasteiger partial charge in [-0.15, -0.1) is 0 Å². The molecule has 0 saturated heterocycles. The number of aliphatic hydroxyl groups is 1. The van der Waals surface area contributed by atoms with Gasteiger partial charge in [-0.2, -0.15) is 0 Å². The molecule has 0 radical (unpaired) electrons. The van der Waals surface area contributed by atoms with Crippen molar-refractivity contribution in [2.24, 2.45) is 5.92 Å². The number of ketones is 1. The summed E-state index contributed by atoms with van der Waals surface area (Å²) in [6, 6.07) is 0. The first-order chi connectivity index (χ1) is 7.06. The average molecular weight is 214 g/mol. The first kappa shape index (κ1) is 13.7. The Morgan fingerprint density at radius 1 is 1.27 bits per heavy atom. The first-order valence-electron chi connectivity index (χ1n) is 5.18. The Morgan fingerprint density at radius 2 is 1.80 bits per heavy atom. The van der Waals surface area contributed by atoms with Crippen LogP contribution in [0.15, 0.2) is 11.8 Å². The lowest BCUT2D eigenvalue weighted by molar-refractivity contribution is -0.141. The van der Waals surface area contributed by atoms with E-state index in [1.165, 1.54) is 0 Å². The molecule has 0 heterocycles. The molecule has 86 valence electrons. The molecule has 0 aromatic heterocycles. The van der Waals surface area contributed by atoms with E-state index in [2.05, 4.69) is 4.74 Å². The van der Waals surface area contributed by atoms with E-state index < -0.39 is 11.7 Å². The molecule has 0 saturated carbocycles. The Balaban J connectivity index is 4.46. The summed E-state index contributed by atoms with van der Waals surface area (Å²) in [6.45, 7) is 5.59. The minimum absolute atomic E-state index is 0.137. The molecule has 0 amide bonds. The molecule has 0 unspecified atom stereocenters. The smallest absolute Gasteiger partial charge is 0.373 e. The van der Waals surface area contributed by atoms with E-state index in [1.54, 1.807) is 6.92 Å². The molecule has 0 aliphatic carbocycles. The number of ether oxygens (including phenoxy) is 1. The van der Waals surface area contributed by atoms with Crippen molar-refractivity contribution in [1.82, 2.24) is 0 Å². The van der Waals surface area contributed by atoms with E-state index in [-0.39, 0.29) is 18.3 Å². The summed E-state index contributed by atoms with van der Waals surface area (Å²) in [5.41, 5.74) is 0. The molecular formula is C11H18O4. The van der Waals surface area contributed by atoms with Crippen LogP contribution in [0.2, 0.25) is 0 Å². The molecule has 0 spiro atoms. The largest absolute Gasteiger partial charge is 0.502 e. The molecule has 0 atom stereocenters. The van der Waals surface area contributed by atoms with Gasteiger partial charge in [0.2, 0.25) is 5.76 Å². The topological polar surface area (TPSA) is 63.6 Å². The Morgan fingerprint density at radius 3 is 2.20 bits per heavy atom. The van der Waals surface area contributed by atoms with Crippen LogP contribution < -0.4 is 0 Å². The van der Waals surface area contributed by atoms with Gasteiger partial charge in [-0.05, 0) is 19.8 Å². The fourth-order valence-electron chi connectivity index (χ4n) is 1.21. The summed E-state index contributed by atoms with van der Waals surface area (Å²) in [4.78, 5) is 22.5. The predicted molar refractivity (Wildman–Crippen MR) is 56.4 cm³/mol. The highest BCUT2D eigenvalue weighted by Gasteiger charge is 2.16. The summed E-state index contributed by atoms with van der Waals surface area (Å²) >= 11 is 0. The van der Waals surface area contributed by atoms with Gasteiger partial charge >= 0.3 is 5.97 Å². The zero-order valence-electron chi connectivity index (χ0n) is 9.45. The lowest BCUT2D eigenvalue weighted by Gasteiger charge is -2.07. The number of hydrogen-bond donors (Lipinski definition) is 1. The lowest BCUT2D eigenvalue weighted by Crippen LogP contribution is -2.14. The minimum atomic E-state index is -0.850. The van der Waals surface area contributed by atoms with Gasteiger partial charge in [-0.1, -0.05) is 13.8 Å². The van der Waals surface area contributed by atoms with Crippen LogP contribution in [0, 0.1) is 5.92 Å². The van der Waals surface area contributed by atoms with Crippen molar-refractivity contribution in [3.63, 3.8) is 0 Å². The summed E-state index contributed by atoms with van der Waals surface area (Å²) in [7, 11) is 0. The van der Waals surface area contributed by atoms with Crippen LogP contribution in [0.5, 0.6) is 0 Å². The van der Waals surface area contributed by atoms with Gasteiger partial charge in [0, 0.05) is 12.0 Å². The predicted octanol–water partition coefficient (Wildman–Crippen LogP) is 2.00. The first-order valence-corrected chi connectivity index (χ1v) is 5.18. The third-order valence-electron chi connectivity index (χ3n) is 2.15. The highest BCUT2D eigenvalue weighted by atomic mass is 16.5. The van der Waals surface area contributed by atoms with E-state index in [1.807, 2.05) is 13.8 Å². The van der Waals surface area contributed by atoms with Crippen molar-refractivity contribution in [1.29, 1.82) is 0 Å². The van der Waals surface area contributed by atoms with E-state index in [0.29, 0.717) is 12.8 Å². The maximum atomic E-state index is 11.5. The molecule has 0 aliphatic heterocycles. The van der Waals surface area contributed by atoms with Crippen molar-refractivity contribution >= 4 is 11.8 Å². The number of esters is 1. The molecule has 0 fully saturated rings. The molecule has 4 nitrogen and oxygen atoms in total. The second kappa shape index (κ2) is 7.04. The quantitative estimate of drug-likeness (QED) is 0.417. The maximum absolute atomic E-state index is 11.5. The van der Waals surface area contributed by atoms with Crippen LogP contribution in [0.4, 0.5) is 0 Å². The van der Waals surface area contributed by atoms with E-state index in [4.69, 9.17) is 0 Å². The second-order valence-corrected chi connectivity index (χ2v) is 3.17. The highest BCUT2D eigenvalue weighted by molar-refractivity contribution is 5.98. The Bertz CT molecular complexity index is 251. The van der Waals surface area contributed by atoms with Gasteiger partial charge in [0.25, 0.3) is 0 Å². The molecule has 1 N–H and O–H groups in total. The molecule has 0 aromatic carbocycles. The standard InChI is InChI=1S/C11H18O4/c1-4-8(5-2)9(12)7-10(13)11(14)15-6-3/h7-8,13H,4-6H2,1-3H3/b10-7-. The second-order valence-electron chi connectivity index (χ2n) is 3.17. The number of hydrogen-bond acceptors (Lipinski definition) is 4. The summed E-state index contributed by atoms with van der Waals surface area (Å²) in [6.07, 6.45) is 2.35. The van der Waals surface area contributed by atoms with E-state index >= 15 is 0 Å².